The van der Waals surface area contributed by atoms with E-state index in [0.717, 1.165) is 49.7 Å². The maximum Gasteiger partial charge on any atom is 0.416 e. The molecule has 32 heavy (non-hydrogen) atoms. The lowest BCUT2D eigenvalue weighted by Crippen LogP contribution is -2.37. The number of alkyl halides is 3. The van der Waals surface area contributed by atoms with Gasteiger partial charge in [0.2, 0.25) is 0 Å². The van der Waals surface area contributed by atoms with Crippen LogP contribution in [0.25, 0.3) is 0 Å². The van der Waals surface area contributed by atoms with Gasteiger partial charge in [-0.15, -0.1) is 0 Å². The van der Waals surface area contributed by atoms with Crippen molar-refractivity contribution in [3.05, 3.63) is 65.2 Å². The highest BCUT2D eigenvalue weighted by atomic mass is 19.4. The summed E-state index contributed by atoms with van der Waals surface area (Å²) in [5, 5.41) is 11.7. The third-order valence-electron chi connectivity index (χ3n) is 5.37. The normalized spacial score (nSPS) is 17.6. The zero-order chi connectivity index (χ0) is 22.6. The van der Waals surface area contributed by atoms with Gasteiger partial charge in [-0.1, -0.05) is 0 Å². The number of ether oxygens (including phenoxy) is 2. The van der Waals surface area contributed by atoms with Crippen LogP contribution in [0.1, 0.15) is 35.5 Å². The summed E-state index contributed by atoms with van der Waals surface area (Å²) >= 11 is 0. The highest BCUT2D eigenvalue weighted by molar-refractivity contribution is 5.28. The molecule has 0 saturated carbocycles. The summed E-state index contributed by atoms with van der Waals surface area (Å²) in [6, 6.07) is 6.65. The van der Waals surface area contributed by atoms with E-state index in [2.05, 4.69) is 33.3 Å². The zero-order valence-electron chi connectivity index (χ0n) is 17.8. The largest absolute Gasteiger partial charge is 0.493 e. The minimum Gasteiger partial charge on any atom is -0.493 e. The Labute approximate surface area is 184 Å². The highest BCUT2D eigenvalue weighted by Crippen LogP contribution is 2.30. The van der Waals surface area contributed by atoms with Gasteiger partial charge in [-0.3, -0.25) is 14.7 Å². The van der Waals surface area contributed by atoms with Crippen LogP contribution in [-0.4, -0.2) is 51.2 Å². The number of aryl methyl sites for hydroxylation is 1. The van der Waals surface area contributed by atoms with Gasteiger partial charge in [0.1, 0.15) is 11.9 Å². The van der Waals surface area contributed by atoms with E-state index in [9.17, 15) is 13.2 Å². The Kier molecular flexibility index (Phi) is 6.80. The molecular weight excluding hydrogens is 423 g/mol. The van der Waals surface area contributed by atoms with Gasteiger partial charge in [0.15, 0.2) is 0 Å². The van der Waals surface area contributed by atoms with Crippen LogP contribution in [0.2, 0.25) is 0 Å². The van der Waals surface area contributed by atoms with Gasteiger partial charge in [0, 0.05) is 50.1 Å². The van der Waals surface area contributed by atoms with Crippen molar-refractivity contribution in [3.8, 4) is 5.75 Å². The maximum atomic E-state index is 12.6. The van der Waals surface area contributed by atoms with Crippen molar-refractivity contribution in [1.82, 2.24) is 24.9 Å². The Hall–Kier alpha value is -2.85. The van der Waals surface area contributed by atoms with E-state index in [4.69, 9.17) is 9.47 Å². The molecule has 1 aliphatic rings. The monoisotopic (exact) mass is 449 g/mol. The lowest BCUT2D eigenvalue weighted by molar-refractivity contribution is -0.137. The molecule has 0 bridgehead atoms. The first-order valence-corrected chi connectivity index (χ1v) is 10.6. The van der Waals surface area contributed by atoms with E-state index in [-0.39, 0.29) is 6.10 Å². The van der Waals surface area contributed by atoms with Gasteiger partial charge in [-0.25, -0.2) is 0 Å². The molecule has 0 aliphatic carbocycles. The Morgan fingerprint density at radius 1 is 1.25 bits per heavy atom. The Morgan fingerprint density at radius 3 is 2.78 bits per heavy atom. The number of H-pyrrole nitrogens is 1. The van der Waals surface area contributed by atoms with Crippen molar-refractivity contribution in [2.24, 2.45) is 0 Å². The molecule has 3 heterocycles. The molecule has 1 saturated heterocycles. The maximum absolute atomic E-state index is 12.6. The predicted octanol–water partition coefficient (Wildman–Crippen LogP) is 3.84. The second-order valence-corrected chi connectivity index (χ2v) is 7.74. The van der Waals surface area contributed by atoms with Crippen LogP contribution >= 0.6 is 0 Å². The number of halogens is 3. The Balaban J connectivity index is 1.26. The molecule has 1 aliphatic heterocycles. The first-order chi connectivity index (χ1) is 15.4. The minimum absolute atomic E-state index is 0.120. The second kappa shape index (κ2) is 9.74. The molecule has 1 aromatic carbocycles. The number of aromatic amines is 1. The number of nitrogens with zero attached hydrogens (tertiary/aromatic N) is 4. The quantitative estimate of drug-likeness (QED) is 0.566. The van der Waals surface area contributed by atoms with Crippen molar-refractivity contribution in [3.63, 3.8) is 0 Å². The highest BCUT2D eigenvalue weighted by Gasteiger charge is 2.30. The second-order valence-electron chi connectivity index (χ2n) is 7.74. The fourth-order valence-electron chi connectivity index (χ4n) is 3.64. The van der Waals surface area contributed by atoms with E-state index < -0.39 is 11.7 Å². The number of hydrogen-bond acceptors (Lipinski definition) is 5. The van der Waals surface area contributed by atoms with Crippen molar-refractivity contribution in [2.75, 3.05) is 26.3 Å². The summed E-state index contributed by atoms with van der Waals surface area (Å²) in [6.07, 6.45) is 0.0518. The van der Waals surface area contributed by atoms with Gasteiger partial charge in [-0.2, -0.15) is 23.4 Å². The van der Waals surface area contributed by atoms with Crippen LogP contribution in [0.5, 0.6) is 5.75 Å². The first-order valence-electron chi connectivity index (χ1n) is 10.6. The van der Waals surface area contributed by atoms with Crippen LogP contribution < -0.4 is 4.74 Å². The van der Waals surface area contributed by atoms with Gasteiger partial charge in [0.25, 0.3) is 0 Å². The van der Waals surface area contributed by atoms with Crippen molar-refractivity contribution in [1.29, 1.82) is 0 Å². The molecule has 10 heteroatoms. The molecule has 0 radical (unpaired) electrons. The van der Waals surface area contributed by atoms with Gasteiger partial charge in [0.05, 0.1) is 30.7 Å². The predicted molar refractivity (Wildman–Crippen MR) is 111 cm³/mol. The summed E-state index contributed by atoms with van der Waals surface area (Å²) in [5.74, 6) is 0.399. The van der Waals surface area contributed by atoms with Crippen molar-refractivity contribution in [2.45, 2.75) is 38.7 Å². The minimum atomic E-state index is -4.35. The standard InChI is InChI=1S/C22H26F3N5O2/c1-2-30-14-16(12-26-30)13-29-8-10-32-21(15-29)20-11-18(27-28-20)7-9-31-19-5-3-17(4-6-19)22(23,24)25/h3-6,11-12,14,21H,2,7-10,13,15H2,1H3,(H,27,28). The molecular formula is C22H26F3N5O2. The van der Waals surface area contributed by atoms with Crippen molar-refractivity contribution < 1.29 is 22.6 Å². The first kappa shape index (κ1) is 22.3. The molecule has 1 N–H and O–H groups in total. The number of benzene rings is 1. The topological polar surface area (TPSA) is 68.2 Å². The molecule has 1 atom stereocenters. The van der Waals surface area contributed by atoms with Crippen LogP contribution in [0.4, 0.5) is 13.2 Å². The Morgan fingerprint density at radius 2 is 2.06 bits per heavy atom. The third-order valence-corrected chi connectivity index (χ3v) is 5.37. The summed E-state index contributed by atoms with van der Waals surface area (Å²) in [6.45, 7) is 6.28. The number of rotatable bonds is 8. The summed E-state index contributed by atoms with van der Waals surface area (Å²) in [7, 11) is 0. The molecule has 0 amide bonds. The van der Waals surface area contributed by atoms with E-state index >= 15 is 0 Å². The van der Waals surface area contributed by atoms with Gasteiger partial charge < -0.3 is 9.47 Å². The molecule has 3 aromatic rings. The van der Waals surface area contributed by atoms with Crippen LogP contribution in [0.15, 0.2) is 42.7 Å². The fraction of sp³-hybridized carbons (Fsp3) is 0.455. The number of hydrogen-bond donors (Lipinski definition) is 1. The molecule has 172 valence electrons. The fourth-order valence-corrected chi connectivity index (χ4v) is 3.64. The van der Waals surface area contributed by atoms with E-state index in [1.54, 1.807) is 0 Å². The Bertz CT molecular complexity index is 1000. The van der Waals surface area contributed by atoms with Gasteiger partial charge >= 0.3 is 6.18 Å². The van der Waals surface area contributed by atoms with Crippen LogP contribution in [0, 0.1) is 0 Å². The molecule has 1 unspecified atom stereocenters. The van der Waals surface area contributed by atoms with Gasteiger partial charge in [-0.05, 0) is 37.3 Å². The summed E-state index contributed by atoms with van der Waals surface area (Å²) in [4.78, 5) is 2.33. The number of morpholine rings is 1. The van der Waals surface area contributed by atoms with E-state index in [1.165, 1.54) is 17.7 Å². The molecule has 0 spiro atoms. The van der Waals surface area contributed by atoms with Crippen molar-refractivity contribution >= 4 is 0 Å². The van der Waals surface area contributed by atoms with E-state index in [1.807, 2.05) is 16.9 Å². The molecule has 4 rings (SSSR count). The molecule has 2 aromatic heterocycles. The lowest BCUT2D eigenvalue weighted by Gasteiger charge is -2.31. The average molecular weight is 449 g/mol. The number of nitrogens with one attached hydrogen (secondary N) is 1. The molecule has 7 nitrogen and oxygen atoms in total. The summed E-state index contributed by atoms with van der Waals surface area (Å²) in [5.41, 5.74) is 2.21. The summed E-state index contributed by atoms with van der Waals surface area (Å²) < 4.78 is 51.3. The molecule has 1 fully saturated rings. The average Bonchev–Trinajstić information content (AvgIpc) is 3.43. The van der Waals surface area contributed by atoms with Crippen LogP contribution in [0.3, 0.4) is 0 Å². The van der Waals surface area contributed by atoms with E-state index in [0.29, 0.717) is 25.4 Å². The SMILES string of the molecule is CCn1cc(CN2CCOC(c3cc(CCOc4ccc(C(F)(F)F)cc4)[nH]n3)C2)cn1. The number of aromatic nitrogens is 4. The lowest BCUT2D eigenvalue weighted by atomic mass is 10.1. The smallest absolute Gasteiger partial charge is 0.416 e. The third kappa shape index (κ3) is 5.68. The van der Waals surface area contributed by atoms with Crippen LogP contribution in [-0.2, 0) is 30.4 Å². The zero-order valence-corrected chi connectivity index (χ0v) is 17.8.